The first kappa shape index (κ1) is 34.7. The number of aliphatic hydroxyl groups is 2. The fourth-order valence-corrected chi connectivity index (χ4v) is 8.69. The van der Waals surface area contributed by atoms with Gasteiger partial charge in [0.05, 0.1) is 18.0 Å². The Kier molecular flexibility index (Phi) is 10.5. The second kappa shape index (κ2) is 14.8. The van der Waals surface area contributed by atoms with Crippen molar-refractivity contribution in [3.8, 4) is 28.3 Å². The maximum Gasteiger partial charge on any atom is 0.262 e. The molecule has 9 nitrogen and oxygen atoms in total. The molecule has 2 saturated carbocycles. The number of nitrogens with one attached hydrogen (secondary N) is 2. The minimum atomic E-state index is -1.72. The number of rotatable bonds is 11. The number of ether oxygens (including phenoxy) is 1. The molecule has 2 fully saturated rings. The molecule has 2 aliphatic carbocycles. The molecule has 0 spiro atoms. The van der Waals surface area contributed by atoms with Gasteiger partial charge >= 0.3 is 0 Å². The summed E-state index contributed by atoms with van der Waals surface area (Å²) in [7, 11) is 1.76. The number of amides is 2. The lowest BCUT2D eigenvalue weighted by Gasteiger charge is -2.48. The van der Waals surface area contributed by atoms with Gasteiger partial charge in [-0.2, -0.15) is 0 Å². The number of thiophene rings is 1. The Hall–Kier alpha value is -4.12. The van der Waals surface area contributed by atoms with E-state index < -0.39 is 24.3 Å². The molecule has 4 N–H and O–H groups in total. The van der Waals surface area contributed by atoms with Crippen LogP contribution in [0.4, 0.5) is 0 Å². The van der Waals surface area contributed by atoms with Crippen molar-refractivity contribution in [3.05, 3.63) is 88.4 Å². The van der Waals surface area contributed by atoms with Gasteiger partial charge in [0.2, 0.25) is 5.91 Å². The largest absolute Gasteiger partial charge is 0.496 e. The van der Waals surface area contributed by atoms with E-state index in [1.165, 1.54) is 55.9 Å². The zero-order valence-corrected chi connectivity index (χ0v) is 29.4. The fourth-order valence-electron chi connectivity index (χ4n) is 8.07. The zero-order valence-electron chi connectivity index (χ0n) is 28.6. The van der Waals surface area contributed by atoms with Crippen molar-refractivity contribution in [2.24, 2.45) is 17.8 Å². The zero-order chi connectivity index (χ0) is 34.7. The lowest BCUT2D eigenvalue weighted by molar-refractivity contribution is -0.128. The SMILES string of the molecule is COc1ccc(-c2cnc(-c3ccc(CC(NC(=O)c4cccs4)C(=O)NC(C)C(O)O)cc3)nc2)cc1C1(C)CC2CC(C)CC(C2)C1. The van der Waals surface area contributed by atoms with Crippen molar-refractivity contribution in [2.75, 3.05) is 7.11 Å². The molecule has 0 saturated heterocycles. The average Bonchev–Trinajstić information content (AvgIpc) is 3.63. The van der Waals surface area contributed by atoms with Crippen LogP contribution in [0.3, 0.4) is 0 Å². The number of carbonyl (C=O) groups is 2. The number of benzene rings is 2. The number of nitrogens with zero attached hydrogens (tertiary/aromatic N) is 2. The highest BCUT2D eigenvalue weighted by atomic mass is 32.1. The van der Waals surface area contributed by atoms with Crippen molar-refractivity contribution < 1.29 is 24.5 Å². The second-order valence-electron chi connectivity index (χ2n) is 14.3. The summed E-state index contributed by atoms with van der Waals surface area (Å²) < 4.78 is 5.89. The Bertz CT molecular complexity index is 1720. The van der Waals surface area contributed by atoms with Gasteiger partial charge in [-0.3, -0.25) is 9.59 Å². The van der Waals surface area contributed by atoms with E-state index in [0.717, 1.165) is 45.8 Å². The normalized spacial score (nSPS) is 23.0. The van der Waals surface area contributed by atoms with Crippen molar-refractivity contribution in [1.82, 2.24) is 20.6 Å². The third-order valence-corrected chi connectivity index (χ3v) is 11.2. The van der Waals surface area contributed by atoms with Crippen LogP contribution in [0.25, 0.3) is 22.5 Å². The highest BCUT2D eigenvalue weighted by Crippen LogP contribution is 2.53. The van der Waals surface area contributed by atoms with E-state index in [0.29, 0.717) is 10.7 Å². The van der Waals surface area contributed by atoms with Crippen LogP contribution < -0.4 is 15.4 Å². The summed E-state index contributed by atoms with van der Waals surface area (Å²) in [5.74, 6) is 3.01. The summed E-state index contributed by atoms with van der Waals surface area (Å²) in [5, 5.41) is 26.1. The molecule has 49 heavy (non-hydrogen) atoms. The van der Waals surface area contributed by atoms with Gasteiger partial charge in [-0.1, -0.05) is 50.2 Å². The lowest BCUT2D eigenvalue weighted by atomic mass is 9.57. The van der Waals surface area contributed by atoms with Gasteiger partial charge in [0.15, 0.2) is 12.1 Å². The lowest BCUT2D eigenvalue weighted by Crippen LogP contribution is -2.52. The quantitative estimate of drug-likeness (QED) is 0.140. The molecule has 2 heterocycles. The van der Waals surface area contributed by atoms with Crippen LogP contribution in [0.15, 0.2) is 72.4 Å². The van der Waals surface area contributed by atoms with Crippen LogP contribution in [0.1, 0.15) is 73.7 Å². The predicted octanol–water partition coefficient (Wildman–Crippen LogP) is 6.14. The number of fused-ring (bicyclic) bond motifs is 2. The Morgan fingerprint density at radius 1 is 0.959 bits per heavy atom. The van der Waals surface area contributed by atoms with E-state index in [4.69, 9.17) is 14.7 Å². The summed E-state index contributed by atoms with van der Waals surface area (Å²) in [6.45, 7) is 6.30. The summed E-state index contributed by atoms with van der Waals surface area (Å²) in [5.41, 5.74) is 4.99. The molecule has 4 atom stereocenters. The molecule has 2 aromatic carbocycles. The molecule has 4 unspecified atom stereocenters. The summed E-state index contributed by atoms with van der Waals surface area (Å²) in [4.78, 5) is 35.7. The average molecular weight is 683 g/mol. The topological polar surface area (TPSA) is 134 Å². The smallest absolute Gasteiger partial charge is 0.262 e. The van der Waals surface area contributed by atoms with E-state index >= 15 is 0 Å². The molecule has 2 aliphatic rings. The monoisotopic (exact) mass is 682 g/mol. The van der Waals surface area contributed by atoms with Gasteiger partial charge in [0.1, 0.15) is 11.8 Å². The molecule has 2 aromatic heterocycles. The standard InChI is InChI=1S/C39H46N4O5S/c1-23-14-26-16-27(15-23)20-39(3,19-26)31-18-29(11-12-33(31)48-4)30-21-40-35(41-22-30)28-9-7-25(8-10-28)17-32(36(44)42-24(2)38(46)47)43-37(45)34-6-5-13-49-34/h5-13,18,21-24,26-27,32,38,46-47H,14-17,19-20H2,1-4H3,(H,42,44)(H,43,45). The number of aromatic nitrogens is 2. The van der Waals surface area contributed by atoms with Crippen LogP contribution in [0.2, 0.25) is 0 Å². The first-order valence-corrected chi connectivity index (χ1v) is 18.0. The van der Waals surface area contributed by atoms with Gasteiger partial charge in [-0.05, 0) is 96.9 Å². The van der Waals surface area contributed by atoms with Gasteiger partial charge in [0, 0.05) is 35.5 Å². The maximum absolute atomic E-state index is 13.1. The number of aliphatic hydroxyl groups excluding tert-OH is 1. The molecule has 4 aromatic rings. The molecular weight excluding hydrogens is 637 g/mol. The first-order valence-electron chi connectivity index (χ1n) is 17.1. The summed E-state index contributed by atoms with van der Waals surface area (Å²) in [6.07, 6.45) is 8.58. The second-order valence-corrected chi connectivity index (χ2v) is 15.3. The van der Waals surface area contributed by atoms with Crippen molar-refractivity contribution in [2.45, 2.75) is 83.1 Å². The molecule has 2 amide bonds. The summed E-state index contributed by atoms with van der Waals surface area (Å²) in [6, 6.07) is 15.6. The number of hydrogen-bond acceptors (Lipinski definition) is 8. The third kappa shape index (κ3) is 8.03. The Balaban J connectivity index is 1.17. The Labute approximate surface area is 292 Å². The summed E-state index contributed by atoms with van der Waals surface area (Å²) >= 11 is 1.28. The minimum Gasteiger partial charge on any atom is -0.496 e. The maximum atomic E-state index is 13.1. The van der Waals surface area contributed by atoms with Crippen molar-refractivity contribution in [1.29, 1.82) is 0 Å². The van der Waals surface area contributed by atoms with Crippen molar-refractivity contribution in [3.63, 3.8) is 0 Å². The molecular formula is C39H46N4O5S. The van der Waals surface area contributed by atoms with Gasteiger partial charge in [0.25, 0.3) is 5.91 Å². The number of methoxy groups -OCH3 is 1. The number of carbonyl (C=O) groups excluding carboxylic acids is 2. The molecule has 258 valence electrons. The molecule has 0 radical (unpaired) electrons. The fraction of sp³-hybridized carbons (Fsp3) is 0.436. The van der Waals surface area contributed by atoms with Crippen LogP contribution in [0, 0.1) is 17.8 Å². The van der Waals surface area contributed by atoms with Crippen LogP contribution in [-0.4, -0.2) is 57.5 Å². The Morgan fingerprint density at radius 2 is 1.63 bits per heavy atom. The van der Waals surface area contributed by atoms with E-state index in [2.05, 4.69) is 42.7 Å². The van der Waals surface area contributed by atoms with E-state index in [-0.39, 0.29) is 17.7 Å². The van der Waals surface area contributed by atoms with Crippen molar-refractivity contribution >= 4 is 23.2 Å². The van der Waals surface area contributed by atoms with Gasteiger partial charge < -0.3 is 25.6 Å². The molecule has 2 bridgehead atoms. The highest BCUT2D eigenvalue weighted by molar-refractivity contribution is 7.12. The van der Waals surface area contributed by atoms with Gasteiger partial charge in [-0.25, -0.2) is 9.97 Å². The van der Waals surface area contributed by atoms with Crippen LogP contribution in [0.5, 0.6) is 5.75 Å². The van der Waals surface area contributed by atoms with E-state index in [1.54, 1.807) is 24.6 Å². The molecule has 0 aliphatic heterocycles. The third-order valence-electron chi connectivity index (χ3n) is 10.3. The van der Waals surface area contributed by atoms with E-state index in [9.17, 15) is 19.8 Å². The highest BCUT2D eigenvalue weighted by Gasteiger charge is 2.43. The predicted molar refractivity (Wildman–Crippen MR) is 191 cm³/mol. The first-order chi connectivity index (χ1) is 23.5. The minimum absolute atomic E-state index is 0.0718. The molecule has 6 rings (SSSR count). The van der Waals surface area contributed by atoms with Gasteiger partial charge in [-0.15, -0.1) is 11.3 Å². The number of hydrogen-bond donors (Lipinski definition) is 4. The molecule has 10 heteroatoms. The van der Waals surface area contributed by atoms with Crippen LogP contribution in [-0.2, 0) is 16.6 Å². The Morgan fingerprint density at radius 3 is 2.24 bits per heavy atom. The van der Waals surface area contributed by atoms with Crippen LogP contribution >= 0.6 is 11.3 Å². The van der Waals surface area contributed by atoms with E-state index in [1.807, 2.05) is 36.7 Å².